The van der Waals surface area contributed by atoms with Crippen LogP contribution in [0, 0.1) is 11.3 Å². The van der Waals surface area contributed by atoms with Gasteiger partial charge >= 0.3 is 0 Å². The van der Waals surface area contributed by atoms with E-state index in [-0.39, 0.29) is 39.2 Å². The molecule has 2 aliphatic heterocycles. The molecule has 1 aromatic carbocycles. The minimum atomic E-state index is -4.29. The lowest BCUT2D eigenvalue weighted by Crippen LogP contribution is -2.51. The van der Waals surface area contributed by atoms with Gasteiger partial charge in [0.1, 0.15) is 21.7 Å². The molecule has 5 rings (SSSR count). The van der Waals surface area contributed by atoms with Gasteiger partial charge in [0.05, 0.1) is 11.2 Å². The van der Waals surface area contributed by atoms with Crippen LogP contribution in [0.4, 0.5) is 5.00 Å². The Morgan fingerprint density at radius 2 is 1.87 bits per heavy atom. The van der Waals surface area contributed by atoms with Gasteiger partial charge in [-0.15, -0.1) is 15.7 Å². The summed E-state index contributed by atoms with van der Waals surface area (Å²) < 4.78 is 56.6. The number of sulfonamides is 2. The van der Waals surface area contributed by atoms with Crippen molar-refractivity contribution in [3.05, 3.63) is 46.3 Å². The third kappa shape index (κ3) is 4.55. The third-order valence-corrected chi connectivity index (χ3v) is 12.0. The quantitative estimate of drug-likeness (QED) is 0.533. The van der Waals surface area contributed by atoms with Crippen molar-refractivity contribution in [2.75, 3.05) is 17.6 Å². The fourth-order valence-corrected chi connectivity index (χ4v) is 9.52. The number of thiophene rings is 1. The van der Waals surface area contributed by atoms with Gasteiger partial charge in [0, 0.05) is 24.2 Å². The molecule has 0 saturated carbocycles. The van der Waals surface area contributed by atoms with E-state index in [2.05, 4.69) is 30.5 Å². The number of hydrogen-bond donors (Lipinski definition) is 1. The van der Waals surface area contributed by atoms with Crippen molar-refractivity contribution in [3.8, 4) is 0 Å². The Morgan fingerprint density at radius 1 is 1.16 bits per heavy atom. The molecule has 2 atom stereocenters. The number of fused-ring (bicyclic) bond motifs is 2. The second kappa shape index (κ2) is 9.07. The van der Waals surface area contributed by atoms with Crippen molar-refractivity contribution in [2.45, 2.75) is 63.8 Å². The Kier molecular flexibility index (Phi) is 6.49. The summed E-state index contributed by atoms with van der Waals surface area (Å²) in [5, 5.41) is 4.80. The molecule has 0 bridgehead atoms. The molecule has 1 unspecified atom stereocenters. The fraction of sp³-hybridized carbons (Fsp3) is 0.500. The highest BCUT2D eigenvalue weighted by molar-refractivity contribution is 7.91. The number of nitrogens with zero attached hydrogens (tertiary/aromatic N) is 2. The average molecular weight is 578 g/mol. The second-order valence-electron chi connectivity index (χ2n) is 11.6. The van der Waals surface area contributed by atoms with Gasteiger partial charge in [0.15, 0.2) is 11.6 Å². The van der Waals surface area contributed by atoms with Crippen LogP contribution >= 0.6 is 11.3 Å². The second-order valence-corrected chi connectivity index (χ2v) is 16.1. The molecular formula is C26H31N3O6S3. The number of amidine groups is 1. The summed E-state index contributed by atoms with van der Waals surface area (Å²) in [6, 6.07) is 7.01. The van der Waals surface area contributed by atoms with Crippen molar-refractivity contribution >= 4 is 53.8 Å². The summed E-state index contributed by atoms with van der Waals surface area (Å²) in [4.78, 5) is 27.6. The summed E-state index contributed by atoms with van der Waals surface area (Å²) in [6.07, 6.45) is 1.71. The van der Waals surface area contributed by atoms with Crippen LogP contribution in [0.25, 0.3) is 0 Å². The molecule has 3 heterocycles. The average Bonchev–Trinajstić information content (AvgIpc) is 3.39. The monoisotopic (exact) mass is 577 g/mol. The molecule has 9 nitrogen and oxygen atoms in total. The summed E-state index contributed by atoms with van der Waals surface area (Å²) >= 11 is 1.09. The van der Waals surface area contributed by atoms with Gasteiger partial charge in [0.2, 0.25) is 10.0 Å². The number of ketones is 2. The maximum absolute atomic E-state index is 14.1. The zero-order valence-corrected chi connectivity index (χ0v) is 24.2. The third-order valence-electron chi connectivity index (χ3n) is 7.59. The molecular weight excluding hydrogens is 547 g/mol. The van der Waals surface area contributed by atoms with Crippen molar-refractivity contribution in [1.82, 2.24) is 4.31 Å². The maximum atomic E-state index is 14.1. The van der Waals surface area contributed by atoms with E-state index in [0.717, 1.165) is 17.8 Å². The number of benzene rings is 1. The van der Waals surface area contributed by atoms with Crippen molar-refractivity contribution in [3.63, 3.8) is 0 Å². The van der Waals surface area contributed by atoms with Gasteiger partial charge in [-0.05, 0) is 42.5 Å². The lowest BCUT2D eigenvalue weighted by atomic mass is 9.62. The highest BCUT2D eigenvalue weighted by Gasteiger charge is 2.52. The molecule has 2 aromatic rings. The van der Waals surface area contributed by atoms with E-state index in [1.807, 2.05) is 6.92 Å². The molecule has 1 fully saturated rings. The van der Waals surface area contributed by atoms with Gasteiger partial charge < -0.3 is 5.32 Å². The first kappa shape index (κ1) is 27.2. The van der Waals surface area contributed by atoms with Gasteiger partial charge in [-0.2, -0.15) is 12.7 Å². The van der Waals surface area contributed by atoms with Gasteiger partial charge in [-0.3, -0.25) is 9.59 Å². The van der Waals surface area contributed by atoms with E-state index in [0.29, 0.717) is 36.1 Å². The van der Waals surface area contributed by atoms with Crippen LogP contribution in [-0.2, 0) is 36.8 Å². The van der Waals surface area contributed by atoms with E-state index in [4.69, 9.17) is 0 Å². The predicted octanol–water partition coefficient (Wildman–Crippen LogP) is 3.96. The van der Waals surface area contributed by atoms with E-state index in [9.17, 15) is 26.4 Å². The largest absolute Gasteiger partial charge is 0.333 e. The van der Waals surface area contributed by atoms with Gasteiger partial charge in [-0.1, -0.05) is 45.0 Å². The molecule has 38 heavy (non-hydrogen) atoms. The number of nitrogens with one attached hydrogen (secondary N) is 1. The summed E-state index contributed by atoms with van der Waals surface area (Å²) in [6.45, 7) is 8.33. The van der Waals surface area contributed by atoms with Crippen molar-refractivity contribution < 1.29 is 26.4 Å². The van der Waals surface area contributed by atoms with Gasteiger partial charge in [0.25, 0.3) is 10.0 Å². The Bertz CT molecular complexity index is 1580. The smallest absolute Gasteiger partial charge is 0.287 e. The topological polar surface area (TPSA) is 130 Å². The molecule has 1 aliphatic carbocycles. The molecule has 12 heteroatoms. The standard InChI is InChI=1S/C26H31N3O6S3/c1-25(2,3)10-11-26(4)18-9-6-5-8-17(18)20(30)19(22(26)31)23-27-24-21(38(34,35)28-23)16(15-36-24)14-29-12-7-13-37(29,32)33/h5-6,8-9,15,19H,7,10-14H2,1-4H3,(H,27,28)/t19?,26-/m1/s1. The molecule has 1 N–H and O–H groups in total. The number of hydrogen-bond acceptors (Lipinski definition) is 8. The van der Waals surface area contributed by atoms with E-state index in [1.54, 1.807) is 29.6 Å². The van der Waals surface area contributed by atoms with Crippen LogP contribution < -0.4 is 5.32 Å². The molecule has 0 spiro atoms. The van der Waals surface area contributed by atoms with Crippen LogP contribution in [0.15, 0.2) is 38.9 Å². The Balaban J connectivity index is 1.53. The SMILES string of the molecule is CC(C)(C)CC[C@@]1(C)C(=O)C(C2=NS(=O)(=O)c3c(CN4CCCS4(=O)=O)csc3N2)C(=O)c2ccccc21. The number of carbonyl (C=O) groups excluding carboxylic acids is 2. The predicted molar refractivity (Wildman–Crippen MR) is 147 cm³/mol. The molecule has 1 saturated heterocycles. The van der Waals surface area contributed by atoms with E-state index in [1.165, 1.54) is 4.31 Å². The maximum Gasteiger partial charge on any atom is 0.287 e. The number of carbonyl (C=O) groups is 2. The van der Waals surface area contributed by atoms with Crippen LogP contribution in [0.5, 0.6) is 0 Å². The van der Waals surface area contributed by atoms with Crippen LogP contribution in [0.1, 0.15) is 68.4 Å². The minimum absolute atomic E-state index is 0.0357. The molecule has 1 aromatic heterocycles. The van der Waals surface area contributed by atoms with Crippen molar-refractivity contribution in [2.24, 2.45) is 15.7 Å². The fourth-order valence-electron chi connectivity index (χ4n) is 5.40. The highest BCUT2D eigenvalue weighted by atomic mass is 32.2. The first-order chi connectivity index (χ1) is 17.6. The molecule has 3 aliphatic rings. The Morgan fingerprint density at radius 3 is 2.53 bits per heavy atom. The summed E-state index contributed by atoms with van der Waals surface area (Å²) in [5.41, 5.74) is 0.325. The highest BCUT2D eigenvalue weighted by Crippen LogP contribution is 2.45. The minimum Gasteiger partial charge on any atom is -0.333 e. The first-order valence-electron chi connectivity index (χ1n) is 12.5. The number of anilines is 1. The van der Waals surface area contributed by atoms with Gasteiger partial charge in [-0.25, -0.2) is 8.42 Å². The van der Waals surface area contributed by atoms with Crippen LogP contribution in [-0.4, -0.2) is 50.8 Å². The number of rotatable bonds is 5. The van der Waals surface area contributed by atoms with Crippen molar-refractivity contribution in [1.29, 1.82) is 0 Å². The lowest BCUT2D eigenvalue weighted by Gasteiger charge is -2.39. The molecule has 0 radical (unpaired) electrons. The molecule has 0 amide bonds. The lowest BCUT2D eigenvalue weighted by molar-refractivity contribution is -0.125. The zero-order chi connectivity index (χ0) is 27.7. The normalized spacial score (nSPS) is 26.4. The van der Waals surface area contributed by atoms with E-state index >= 15 is 0 Å². The number of Topliss-reactive ketones (excluding diaryl/α,β-unsaturated/α-hetero) is 2. The first-order valence-corrected chi connectivity index (χ1v) is 16.5. The zero-order valence-electron chi connectivity index (χ0n) is 21.8. The summed E-state index contributed by atoms with van der Waals surface area (Å²) in [5.74, 6) is -2.42. The van der Waals surface area contributed by atoms with E-state index < -0.39 is 37.2 Å². The Hall–Kier alpha value is -2.41. The Labute approximate surface area is 227 Å². The molecule has 204 valence electrons. The van der Waals surface area contributed by atoms with Crippen LogP contribution in [0.2, 0.25) is 0 Å². The summed E-state index contributed by atoms with van der Waals surface area (Å²) in [7, 11) is -7.72. The van der Waals surface area contributed by atoms with Crippen LogP contribution in [0.3, 0.4) is 0 Å².